The number of benzene rings is 1. The van der Waals surface area contributed by atoms with Gasteiger partial charge in [0.25, 0.3) is 0 Å². The summed E-state index contributed by atoms with van der Waals surface area (Å²) in [4.78, 5) is 0. The molecule has 2 aliphatic heterocycles. The molecule has 0 bridgehead atoms. The minimum atomic E-state index is 0.497. The zero-order valence-electron chi connectivity index (χ0n) is 9.98. The SMILES string of the molecule is CC1C=C2c3cccc4ccn(c34)CC2NC1. The molecule has 2 atom stereocenters. The van der Waals surface area contributed by atoms with E-state index in [0.29, 0.717) is 12.0 Å². The van der Waals surface area contributed by atoms with Crippen LogP contribution in [0.25, 0.3) is 16.5 Å². The average molecular weight is 224 g/mol. The first kappa shape index (κ1) is 9.49. The van der Waals surface area contributed by atoms with Crippen LogP contribution in [0.5, 0.6) is 0 Å². The van der Waals surface area contributed by atoms with Crippen molar-refractivity contribution in [1.82, 2.24) is 9.88 Å². The van der Waals surface area contributed by atoms with E-state index in [0.717, 1.165) is 13.1 Å². The van der Waals surface area contributed by atoms with Crippen LogP contribution in [0.4, 0.5) is 0 Å². The normalized spacial score (nSPS) is 26.8. The number of nitrogens with zero attached hydrogens (tertiary/aromatic N) is 1. The van der Waals surface area contributed by atoms with Crippen LogP contribution in [0.2, 0.25) is 0 Å². The second kappa shape index (κ2) is 3.23. The van der Waals surface area contributed by atoms with Crippen LogP contribution >= 0.6 is 0 Å². The Morgan fingerprint density at radius 2 is 2.24 bits per heavy atom. The Morgan fingerprint density at radius 1 is 1.29 bits per heavy atom. The van der Waals surface area contributed by atoms with Crippen molar-refractivity contribution in [2.45, 2.75) is 19.5 Å². The summed E-state index contributed by atoms with van der Waals surface area (Å²) < 4.78 is 2.38. The first-order valence-corrected chi connectivity index (χ1v) is 6.36. The Balaban J connectivity index is 2.04. The first-order chi connectivity index (χ1) is 8.33. The Morgan fingerprint density at radius 3 is 3.18 bits per heavy atom. The highest BCUT2D eigenvalue weighted by atomic mass is 15.1. The third-order valence-electron chi connectivity index (χ3n) is 4.00. The van der Waals surface area contributed by atoms with Crippen molar-refractivity contribution < 1.29 is 0 Å². The van der Waals surface area contributed by atoms with Gasteiger partial charge >= 0.3 is 0 Å². The molecule has 0 amide bonds. The fraction of sp³-hybridized carbons (Fsp3) is 0.333. The lowest BCUT2D eigenvalue weighted by atomic mass is 9.88. The molecule has 3 heterocycles. The Hall–Kier alpha value is -1.54. The van der Waals surface area contributed by atoms with E-state index < -0.39 is 0 Å². The highest BCUT2D eigenvalue weighted by Crippen LogP contribution is 2.35. The van der Waals surface area contributed by atoms with Gasteiger partial charge in [0, 0.05) is 30.2 Å². The second-order valence-corrected chi connectivity index (χ2v) is 5.27. The monoisotopic (exact) mass is 224 g/mol. The summed E-state index contributed by atoms with van der Waals surface area (Å²) >= 11 is 0. The Labute approximate surface area is 101 Å². The van der Waals surface area contributed by atoms with E-state index in [4.69, 9.17) is 0 Å². The lowest BCUT2D eigenvalue weighted by Crippen LogP contribution is -2.42. The molecule has 2 heteroatoms. The van der Waals surface area contributed by atoms with Crippen LogP contribution in [0.15, 0.2) is 36.5 Å². The molecular weight excluding hydrogens is 208 g/mol. The van der Waals surface area contributed by atoms with Crippen molar-refractivity contribution in [3.8, 4) is 0 Å². The van der Waals surface area contributed by atoms with E-state index in [1.54, 1.807) is 0 Å². The zero-order valence-corrected chi connectivity index (χ0v) is 9.98. The van der Waals surface area contributed by atoms with Gasteiger partial charge < -0.3 is 9.88 Å². The van der Waals surface area contributed by atoms with Gasteiger partial charge in [-0.1, -0.05) is 31.2 Å². The van der Waals surface area contributed by atoms with E-state index in [9.17, 15) is 0 Å². The zero-order chi connectivity index (χ0) is 11.4. The summed E-state index contributed by atoms with van der Waals surface area (Å²) in [7, 11) is 0. The Kier molecular flexibility index (Phi) is 1.80. The summed E-state index contributed by atoms with van der Waals surface area (Å²) in [6, 6.07) is 9.36. The third-order valence-corrected chi connectivity index (χ3v) is 4.00. The number of hydrogen-bond acceptors (Lipinski definition) is 1. The molecule has 2 unspecified atom stereocenters. The number of hydrogen-bond donors (Lipinski definition) is 1. The number of rotatable bonds is 0. The molecule has 0 aliphatic carbocycles. The molecule has 86 valence electrons. The van der Waals surface area contributed by atoms with E-state index in [-0.39, 0.29) is 0 Å². The van der Waals surface area contributed by atoms with Gasteiger partial charge in [-0.2, -0.15) is 0 Å². The fourth-order valence-electron chi connectivity index (χ4n) is 3.20. The first-order valence-electron chi connectivity index (χ1n) is 6.36. The third kappa shape index (κ3) is 1.25. The Bertz CT molecular complexity index is 621. The van der Waals surface area contributed by atoms with E-state index in [1.165, 1.54) is 22.0 Å². The topological polar surface area (TPSA) is 17.0 Å². The standard InChI is InChI=1S/C15H16N2/c1-10-7-13-12-4-2-3-11-5-6-17(15(11)12)9-14(13)16-8-10/h2-7,10,14,16H,8-9H2,1H3. The van der Waals surface area contributed by atoms with Crippen molar-refractivity contribution in [2.24, 2.45) is 5.92 Å². The van der Waals surface area contributed by atoms with Gasteiger partial charge in [0.1, 0.15) is 0 Å². The van der Waals surface area contributed by atoms with Crippen molar-refractivity contribution in [1.29, 1.82) is 0 Å². The maximum absolute atomic E-state index is 3.66. The van der Waals surface area contributed by atoms with Crippen LogP contribution in [-0.2, 0) is 6.54 Å². The fourth-order valence-corrected chi connectivity index (χ4v) is 3.20. The van der Waals surface area contributed by atoms with Crippen LogP contribution in [-0.4, -0.2) is 17.2 Å². The minimum Gasteiger partial charge on any atom is -0.345 e. The maximum atomic E-state index is 3.66. The minimum absolute atomic E-state index is 0.497. The molecule has 2 aromatic rings. The van der Waals surface area contributed by atoms with Gasteiger partial charge in [0.05, 0.1) is 11.6 Å². The summed E-state index contributed by atoms with van der Waals surface area (Å²) in [5, 5.41) is 5.02. The lowest BCUT2D eigenvalue weighted by Gasteiger charge is -2.33. The lowest BCUT2D eigenvalue weighted by molar-refractivity contribution is 0.472. The molecule has 0 fully saturated rings. The predicted octanol–water partition coefficient (Wildman–Crippen LogP) is 2.65. The largest absolute Gasteiger partial charge is 0.345 e. The van der Waals surface area contributed by atoms with Crippen LogP contribution in [0, 0.1) is 5.92 Å². The number of para-hydroxylation sites is 1. The van der Waals surface area contributed by atoms with Crippen molar-refractivity contribution >= 4 is 16.5 Å². The highest BCUT2D eigenvalue weighted by molar-refractivity contribution is 5.94. The van der Waals surface area contributed by atoms with E-state index in [1.807, 2.05) is 0 Å². The number of aromatic nitrogens is 1. The summed E-state index contributed by atoms with van der Waals surface area (Å²) in [5.74, 6) is 0.637. The van der Waals surface area contributed by atoms with Crippen LogP contribution < -0.4 is 5.32 Å². The molecule has 0 saturated heterocycles. The molecule has 2 nitrogen and oxygen atoms in total. The summed E-state index contributed by atoms with van der Waals surface area (Å²) in [6.07, 6.45) is 4.66. The van der Waals surface area contributed by atoms with Gasteiger partial charge in [0.15, 0.2) is 0 Å². The van der Waals surface area contributed by atoms with Gasteiger partial charge in [0.2, 0.25) is 0 Å². The summed E-state index contributed by atoms with van der Waals surface area (Å²) in [6.45, 7) is 4.45. The molecular formula is C15H16N2. The maximum Gasteiger partial charge on any atom is 0.0557 e. The van der Waals surface area contributed by atoms with Gasteiger partial charge in [-0.05, 0) is 17.6 Å². The molecule has 17 heavy (non-hydrogen) atoms. The number of nitrogens with one attached hydrogen (secondary N) is 1. The van der Waals surface area contributed by atoms with Crippen LogP contribution in [0.3, 0.4) is 0 Å². The quantitative estimate of drug-likeness (QED) is 0.728. The molecule has 2 aliphatic rings. The van der Waals surface area contributed by atoms with E-state index in [2.05, 4.69) is 53.3 Å². The molecule has 0 saturated carbocycles. The van der Waals surface area contributed by atoms with Crippen molar-refractivity contribution in [3.63, 3.8) is 0 Å². The molecule has 1 N–H and O–H groups in total. The molecule has 4 rings (SSSR count). The molecule has 1 aromatic carbocycles. The van der Waals surface area contributed by atoms with E-state index >= 15 is 0 Å². The van der Waals surface area contributed by atoms with Gasteiger partial charge in [-0.3, -0.25) is 0 Å². The van der Waals surface area contributed by atoms with Crippen molar-refractivity contribution in [3.05, 3.63) is 42.1 Å². The predicted molar refractivity (Wildman–Crippen MR) is 70.9 cm³/mol. The van der Waals surface area contributed by atoms with Gasteiger partial charge in [-0.15, -0.1) is 0 Å². The second-order valence-electron chi connectivity index (χ2n) is 5.27. The number of fused-ring (bicyclic) bond motifs is 2. The highest BCUT2D eigenvalue weighted by Gasteiger charge is 2.27. The smallest absolute Gasteiger partial charge is 0.0557 e. The molecule has 0 radical (unpaired) electrons. The summed E-state index contributed by atoms with van der Waals surface area (Å²) in [5.41, 5.74) is 4.33. The van der Waals surface area contributed by atoms with Crippen LogP contribution in [0.1, 0.15) is 12.5 Å². The molecule has 0 spiro atoms. The average Bonchev–Trinajstić information content (AvgIpc) is 2.75. The van der Waals surface area contributed by atoms with Gasteiger partial charge in [-0.25, -0.2) is 0 Å². The molecule has 1 aromatic heterocycles. The van der Waals surface area contributed by atoms with Crippen molar-refractivity contribution in [2.75, 3.05) is 6.54 Å².